The molecule has 2 heterocycles. The molecule has 0 bridgehead atoms. The minimum absolute atomic E-state index is 0.192. The van der Waals surface area contributed by atoms with Crippen molar-refractivity contribution in [2.24, 2.45) is 11.7 Å². The molecule has 0 aromatic rings. The summed E-state index contributed by atoms with van der Waals surface area (Å²) >= 11 is 4.08. The van der Waals surface area contributed by atoms with E-state index in [4.69, 9.17) is 5.73 Å². The Kier molecular flexibility index (Phi) is 6.74. The first-order valence-electron chi connectivity index (χ1n) is 7.85. The van der Waals surface area contributed by atoms with Gasteiger partial charge in [0.05, 0.1) is 6.26 Å². The lowest BCUT2D eigenvalue weighted by Gasteiger charge is -2.37. The summed E-state index contributed by atoms with van der Waals surface area (Å²) in [4.78, 5) is 0. The minimum atomic E-state index is -3.05. The first-order chi connectivity index (χ1) is 9.91. The summed E-state index contributed by atoms with van der Waals surface area (Å²) < 4.78 is 25.0. The molecule has 7 heteroatoms. The Hall–Kier alpha value is 0.570. The van der Waals surface area contributed by atoms with Crippen LogP contribution in [0.4, 0.5) is 0 Å². The molecular weight excluding hydrogens is 324 g/mol. The van der Waals surface area contributed by atoms with Crippen LogP contribution in [0.25, 0.3) is 0 Å². The quantitative estimate of drug-likeness (QED) is 0.820. The summed E-state index contributed by atoms with van der Waals surface area (Å²) in [6.45, 7) is 3.58. The summed E-state index contributed by atoms with van der Waals surface area (Å²) in [7, 11) is -3.05. The highest BCUT2D eigenvalue weighted by Crippen LogP contribution is 2.36. The van der Waals surface area contributed by atoms with E-state index in [1.165, 1.54) is 24.2 Å². The molecule has 0 aromatic heterocycles. The van der Waals surface area contributed by atoms with E-state index in [0.29, 0.717) is 29.5 Å². The van der Waals surface area contributed by atoms with Gasteiger partial charge in [-0.25, -0.2) is 12.7 Å². The van der Waals surface area contributed by atoms with Crippen molar-refractivity contribution in [2.75, 3.05) is 30.9 Å². The van der Waals surface area contributed by atoms with Crippen molar-refractivity contribution in [2.45, 2.75) is 49.1 Å². The summed E-state index contributed by atoms with van der Waals surface area (Å²) in [6.07, 6.45) is 5.53. The maximum atomic E-state index is 11.7. The van der Waals surface area contributed by atoms with E-state index in [0.717, 1.165) is 19.3 Å². The molecule has 2 saturated heterocycles. The van der Waals surface area contributed by atoms with Gasteiger partial charge in [0.15, 0.2) is 0 Å². The number of hydrogen-bond acceptors (Lipinski definition) is 5. The smallest absolute Gasteiger partial charge is 0.211 e. The molecule has 2 fully saturated rings. The Bertz CT molecular complexity index is 430. The van der Waals surface area contributed by atoms with Crippen molar-refractivity contribution in [3.8, 4) is 0 Å². The summed E-state index contributed by atoms with van der Waals surface area (Å²) in [5.74, 6) is 2.85. The van der Waals surface area contributed by atoms with Gasteiger partial charge >= 0.3 is 0 Å². The molecule has 0 spiro atoms. The van der Waals surface area contributed by atoms with Crippen LogP contribution in [0.2, 0.25) is 0 Å². The van der Waals surface area contributed by atoms with Gasteiger partial charge in [0.2, 0.25) is 10.0 Å². The molecule has 0 aliphatic carbocycles. The number of sulfonamides is 1. The fourth-order valence-corrected chi connectivity index (χ4v) is 7.53. The summed E-state index contributed by atoms with van der Waals surface area (Å²) in [5, 5.41) is 1.19. The van der Waals surface area contributed by atoms with Crippen molar-refractivity contribution in [3.05, 3.63) is 0 Å². The van der Waals surface area contributed by atoms with Crippen molar-refractivity contribution < 1.29 is 8.42 Å². The number of thioether (sulfide) groups is 2. The van der Waals surface area contributed by atoms with E-state index in [1.54, 1.807) is 4.31 Å². The molecular formula is C14H28N2O2S3. The standard InChI is InChI=1S/C14H28N2O2S3/c1-3-13-14(20-8-7-19-13)12(15)9-11-5-4-6-16(10-11)21(2,17)18/h11-14H,3-10,15H2,1-2H3. The second kappa shape index (κ2) is 7.90. The van der Waals surface area contributed by atoms with Gasteiger partial charge in [-0.2, -0.15) is 23.5 Å². The molecule has 2 aliphatic heterocycles. The molecule has 2 rings (SSSR count). The van der Waals surface area contributed by atoms with E-state index in [9.17, 15) is 8.42 Å². The van der Waals surface area contributed by atoms with Gasteiger partial charge in [-0.3, -0.25) is 0 Å². The van der Waals surface area contributed by atoms with Crippen molar-refractivity contribution in [1.29, 1.82) is 0 Å². The van der Waals surface area contributed by atoms with Crippen LogP contribution in [0.5, 0.6) is 0 Å². The van der Waals surface area contributed by atoms with Crippen LogP contribution in [0, 0.1) is 5.92 Å². The van der Waals surface area contributed by atoms with Gasteiger partial charge in [0, 0.05) is 41.1 Å². The number of piperidine rings is 1. The van der Waals surface area contributed by atoms with Gasteiger partial charge < -0.3 is 5.73 Å². The number of nitrogens with zero attached hydrogens (tertiary/aromatic N) is 1. The molecule has 0 amide bonds. The van der Waals surface area contributed by atoms with E-state index in [2.05, 4.69) is 18.7 Å². The van der Waals surface area contributed by atoms with Crippen LogP contribution in [-0.2, 0) is 10.0 Å². The third-order valence-electron chi connectivity index (χ3n) is 4.47. The van der Waals surface area contributed by atoms with Gasteiger partial charge in [-0.05, 0) is 31.6 Å². The molecule has 2 aliphatic rings. The highest BCUT2D eigenvalue weighted by molar-refractivity contribution is 8.07. The maximum Gasteiger partial charge on any atom is 0.211 e. The number of hydrogen-bond donors (Lipinski definition) is 1. The predicted octanol–water partition coefficient (Wildman–Crippen LogP) is 2.00. The zero-order valence-electron chi connectivity index (χ0n) is 13.0. The van der Waals surface area contributed by atoms with Crippen molar-refractivity contribution in [3.63, 3.8) is 0 Å². The van der Waals surface area contributed by atoms with Crippen molar-refractivity contribution >= 4 is 33.5 Å². The fourth-order valence-electron chi connectivity index (χ4n) is 3.37. The number of nitrogens with two attached hydrogens (primary N) is 1. The first kappa shape index (κ1) is 17.9. The molecule has 21 heavy (non-hydrogen) atoms. The molecule has 4 unspecified atom stereocenters. The van der Waals surface area contributed by atoms with E-state index >= 15 is 0 Å². The van der Waals surface area contributed by atoms with Crippen LogP contribution in [0.3, 0.4) is 0 Å². The second-order valence-corrected chi connectivity index (χ2v) is 10.8. The Morgan fingerprint density at radius 2 is 2.05 bits per heavy atom. The monoisotopic (exact) mass is 352 g/mol. The highest BCUT2D eigenvalue weighted by Gasteiger charge is 2.33. The van der Waals surface area contributed by atoms with Crippen LogP contribution in [-0.4, -0.2) is 60.1 Å². The molecule has 4 atom stereocenters. The third kappa shape index (κ3) is 5.03. The van der Waals surface area contributed by atoms with E-state index in [-0.39, 0.29) is 6.04 Å². The Morgan fingerprint density at radius 1 is 1.33 bits per heavy atom. The topological polar surface area (TPSA) is 63.4 Å². The Morgan fingerprint density at radius 3 is 2.71 bits per heavy atom. The predicted molar refractivity (Wildman–Crippen MR) is 94.5 cm³/mol. The Balaban J connectivity index is 1.91. The largest absolute Gasteiger partial charge is 0.327 e. The molecule has 4 nitrogen and oxygen atoms in total. The van der Waals surface area contributed by atoms with Crippen LogP contribution in [0.1, 0.15) is 32.6 Å². The lowest BCUT2D eigenvalue weighted by molar-refractivity contribution is 0.245. The second-order valence-electron chi connectivity index (χ2n) is 6.18. The maximum absolute atomic E-state index is 11.7. The SMILES string of the molecule is CCC1SCCSC1C(N)CC1CCCN(S(C)(=O)=O)C1. The average molecular weight is 353 g/mol. The molecule has 124 valence electrons. The summed E-state index contributed by atoms with van der Waals surface area (Å²) in [5.41, 5.74) is 6.50. The van der Waals surface area contributed by atoms with Gasteiger partial charge in [-0.1, -0.05) is 6.92 Å². The first-order valence-corrected chi connectivity index (χ1v) is 11.8. The van der Waals surface area contributed by atoms with E-state index in [1.807, 2.05) is 11.8 Å². The normalized spacial score (nSPS) is 33.8. The van der Waals surface area contributed by atoms with Crippen LogP contribution in [0.15, 0.2) is 0 Å². The van der Waals surface area contributed by atoms with Crippen LogP contribution < -0.4 is 5.73 Å². The minimum Gasteiger partial charge on any atom is -0.327 e. The third-order valence-corrected chi connectivity index (χ3v) is 9.17. The van der Waals surface area contributed by atoms with Gasteiger partial charge in [0.1, 0.15) is 0 Å². The fraction of sp³-hybridized carbons (Fsp3) is 1.00. The van der Waals surface area contributed by atoms with Crippen LogP contribution >= 0.6 is 23.5 Å². The zero-order valence-corrected chi connectivity index (χ0v) is 15.5. The average Bonchev–Trinajstić information content (AvgIpc) is 2.46. The Labute approximate surface area is 138 Å². The lowest BCUT2D eigenvalue weighted by Crippen LogP contribution is -2.46. The molecule has 0 aromatic carbocycles. The van der Waals surface area contributed by atoms with Gasteiger partial charge in [-0.15, -0.1) is 0 Å². The van der Waals surface area contributed by atoms with Gasteiger partial charge in [0.25, 0.3) is 0 Å². The molecule has 2 N–H and O–H groups in total. The highest BCUT2D eigenvalue weighted by atomic mass is 32.2. The zero-order chi connectivity index (χ0) is 15.5. The van der Waals surface area contributed by atoms with E-state index < -0.39 is 10.0 Å². The lowest BCUT2D eigenvalue weighted by atomic mass is 9.90. The number of rotatable bonds is 5. The molecule has 0 radical (unpaired) electrons. The summed E-state index contributed by atoms with van der Waals surface area (Å²) in [6, 6.07) is 0.192. The molecule has 0 saturated carbocycles. The van der Waals surface area contributed by atoms with Crippen molar-refractivity contribution in [1.82, 2.24) is 4.31 Å².